The summed E-state index contributed by atoms with van der Waals surface area (Å²) in [5, 5.41) is 12.0. The Labute approximate surface area is 143 Å². The Morgan fingerprint density at radius 1 is 1.00 bits per heavy atom. The predicted octanol–water partition coefficient (Wildman–Crippen LogP) is 4.08. The first kappa shape index (κ1) is 16.5. The van der Waals surface area contributed by atoms with E-state index >= 15 is 0 Å². The molecule has 1 unspecified atom stereocenters. The van der Waals surface area contributed by atoms with Crippen LogP contribution in [0.25, 0.3) is 0 Å². The van der Waals surface area contributed by atoms with Crippen LogP contribution >= 0.6 is 11.6 Å². The zero-order chi connectivity index (χ0) is 16.1. The minimum absolute atomic E-state index is 0.574. The molecule has 3 heteroatoms. The van der Waals surface area contributed by atoms with Gasteiger partial charge in [-0.2, -0.15) is 0 Å². The molecule has 0 aromatic heterocycles. The van der Waals surface area contributed by atoms with E-state index < -0.39 is 5.60 Å². The van der Waals surface area contributed by atoms with Crippen molar-refractivity contribution in [2.24, 2.45) is 0 Å². The summed E-state index contributed by atoms with van der Waals surface area (Å²) in [4.78, 5) is 2.40. The third kappa shape index (κ3) is 3.77. The molecule has 2 aromatic carbocycles. The number of halogens is 1. The minimum atomic E-state index is -1.21. The molecule has 1 atom stereocenters. The first-order chi connectivity index (χ1) is 11.2. The van der Waals surface area contributed by atoms with Gasteiger partial charge in [0.15, 0.2) is 0 Å². The van der Waals surface area contributed by atoms with Crippen molar-refractivity contribution < 1.29 is 5.11 Å². The molecule has 120 valence electrons. The average Bonchev–Trinajstić information content (AvgIpc) is 3.09. The lowest BCUT2D eigenvalue weighted by atomic mass is 9.82. The molecule has 1 saturated heterocycles. The fraction of sp³-hybridized carbons (Fsp3) is 0.300. The van der Waals surface area contributed by atoms with Gasteiger partial charge in [-0.15, -0.1) is 0 Å². The maximum Gasteiger partial charge on any atom is 0.120 e. The number of aliphatic hydroxyl groups is 1. The molecule has 1 fully saturated rings. The molecule has 0 bridgehead atoms. The highest BCUT2D eigenvalue weighted by Crippen LogP contribution is 2.37. The molecule has 0 saturated carbocycles. The van der Waals surface area contributed by atoms with Crippen molar-refractivity contribution in [2.75, 3.05) is 19.6 Å². The van der Waals surface area contributed by atoms with Crippen LogP contribution in [0.15, 0.2) is 54.6 Å². The Morgan fingerprint density at radius 3 is 2.35 bits per heavy atom. The number of likely N-dealkylation sites (tertiary alicyclic amines) is 1. The molecule has 1 aliphatic heterocycles. The lowest BCUT2D eigenvalue weighted by molar-refractivity contribution is 0.117. The molecule has 0 aliphatic carbocycles. The van der Waals surface area contributed by atoms with Crippen LogP contribution in [0.1, 0.15) is 24.0 Å². The predicted molar refractivity (Wildman–Crippen MR) is 95.2 cm³/mol. The summed E-state index contributed by atoms with van der Waals surface area (Å²) >= 11 is 6.36. The van der Waals surface area contributed by atoms with Crippen LogP contribution in [0.2, 0.25) is 5.02 Å². The highest BCUT2D eigenvalue weighted by molar-refractivity contribution is 6.31. The molecule has 0 amide bonds. The molecule has 3 rings (SSSR count). The Balaban J connectivity index is 1.83. The first-order valence-electron chi connectivity index (χ1n) is 8.13. The number of hydrogen-bond acceptors (Lipinski definition) is 2. The number of benzene rings is 2. The fourth-order valence-corrected chi connectivity index (χ4v) is 3.42. The van der Waals surface area contributed by atoms with E-state index in [2.05, 4.69) is 11.3 Å². The Morgan fingerprint density at radius 2 is 1.65 bits per heavy atom. The lowest BCUT2D eigenvalue weighted by Crippen LogP contribution is -2.31. The van der Waals surface area contributed by atoms with E-state index in [9.17, 15) is 5.11 Å². The summed E-state index contributed by atoms with van der Waals surface area (Å²) in [6.07, 6.45) is 6.46. The summed E-state index contributed by atoms with van der Waals surface area (Å²) in [7, 11) is 0. The van der Waals surface area contributed by atoms with Gasteiger partial charge >= 0.3 is 0 Å². The lowest BCUT2D eigenvalue weighted by Gasteiger charge is -2.30. The molecule has 0 spiro atoms. The van der Waals surface area contributed by atoms with Crippen LogP contribution in [0, 0.1) is 12.8 Å². The SMILES string of the molecule is OC([CH][CH]CN1CCCC1)(c1ccccc1)c1ccccc1Cl. The largest absolute Gasteiger partial charge is 0.380 e. The van der Waals surface area contributed by atoms with E-state index in [0.29, 0.717) is 10.6 Å². The molecule has 2 aromatic rings. The number of nitrogens with zero attached hydrogens (tertiary/aromatic N) is 1. The van der Waals surface area contributed by atoms with E-state index in [4.69, 9.17) is 11.6 Å². The van der Waals surface area contributed by atoms with Crippen molar-refractivity contribution in [3.8, 4) is 0 Å². The minimum Gasteiger partial charge on any atom is -0.380 e. The van der Waals surface area contributed by atoms with Gasteiger partial charge in [0.1, 0.15) is 5.60 Å². The van der Waals surface area contributed by atoms with E-state index in [-0.39, 0.29) is 0 Å². The monoisotopic (exact) mass is 327 g/mol. The second-order valence-electron chi connectivity index (χ2n) is 6.02. The third-order valence-corrected chi connectivity index (χ3v) is 4.75. The van der Waals surface area contributed by atoms with Crippen LogP contribution in [-0.4, -0.2) is 29.6 Å². The molecular formula is C20H22ClNO. The van der Waals surface area contributed by atoms with Crippen molar-refractivity contribution in [3.05, 3.63) is 83.6 Å². The van der Waals surface area contributed by atoms with Crippen molar-refractivity contribution in [2.45, 2.75) is 18.4 Å². The molecule has 2 nitrogen and oxygen atoms in total. The van der Waals surface area contributed by atoms with Gasteiger partial charge < -0.3 is 10.0 Å². The zero-order valence-electron chi connectivity index (χ0n) is 13.2. The van der Waals surface area contributed by atoms with Gasteiger partial charge in [-0.1, -0.05) is 60.1 Å². The number of rotatable bonds is 6. The Kier molecular flexibility index (Phi) is 5.37. The highest BCUT2D eigenvalue weighted by atomic mass is 35.5. The van der Waals surface area contributed by atoms with E-state index in [1.807, 2.05) is 61.0 Å². The second-order valence-corrected chi connectivity index (χ2v) is 6.43. The van der Waals surface area contributed by atoms with Crippen molar-refractivity contribution in [1.29, 1.82) is 0 Å². The Bertz CT molecular complexity index is 625. The standard InChI is InChI=1S/C20H22ClNO/c21-19-12-5-4-11-18(19)20(23,17-9-2-1-3-10-17)13-8-16-22-14-6-7-15-22/h1-5,8-13,23H,6-7,14-16H2. The van der Waals surface area contributed by atoms with Crippen LogP contribution in [-0.2, 0) is 5.60 Å². The van der Waals surface area contributed by atoms with E-state index in [0.717, 1.165) is 25.2 Å². The van der Waals surface area contributed by atoms with Crippen LogP contribution in [0.3, 0.4) is 0 Å². The van der Waals surface area contributed by atoms with Crippen LogP contribution in [0.5, 0.6) is 0 Å². The third-order valence-electron chi connectivity index (χ3n) is 4.42. The summed E-state index contributed by atoms with van der Waals surface area (Å²) in [6, 6.07) is 17.2. The molecule has 23 heavy (non-hydrogen) atoms. The van der Waals surface area contributed by atoms with Crippen molar-refractivity contribution in [3.63, 3.8) is 0 Å². The van der Waals surface area contributed by atoms with Gasteiger partial charge in [-0.05, 0) is 44.0 Å². The molecule has 1 heterocycles. The zero-order valence-corrected chi connectivity index (χ0v) is 13.9. The van der Waals surface area contributed by atoms with Gasteiger partial charge in [0.05, 0.1) is 0 Å². The quantitative estimate of drug-likeness (QED) is 0.864. The topological polar surface area (TPSA) is 23.5 Å². The van der Waals surface area contributed by atoms with E-state index in [1.54, 1.807) is 0 Å². The fourth-order valence-electron chi connectivity index (χ4n) is 3.14. The van der Waals surface area contributed by atoms with Gasteiger partial charge in [0.25, 0.3) is 0 Å². The molecule has 1 N–H and O–H groups in total. The van der Waals surface area contributed by atoms with Gasteiger partial charge in [-0.3, -0.25) is 0 Å². The normalized spacial score (nSPS) is 18.0. The number of hydrogen-bond donors (Lipinski definition) is 1. The Hall–Kier alpha value is -1.35. The maximum atomic E-state index is 11.4. The summed E-state index contributed by atoms with van der Waals surface area (Å²) in [6.45, 7) is 3.14. The summed E-state index contributed by atoms with van der Waals surface area (Å²) < 4.78 is 0. The van der Waals surface area contributed by atoms with Gasteiger partial charge in [0.2, 0.25) is 0 Å². The first-order valence-corrected chi connectivity index (χ1v) is 8.51. The van der Waals surface area contributed by atoms with Crippen LogP contribution in [0.4, 0.5) is 0 Å². The smallest absolute Gasteiger partial charge is 0.120 e. The highest BCUT2D eigenvalue weighted by Gasteiger charge is 2.33. The summed E-state index contributed by atoms with van der Waals surface area (Å²) in [5.74, 6) is 0. The second kappa shape index (κ2) is 7.48. The molecule has 1 aliphatic rings. The van der Waals surface area contributed by atoms with Crippen molar-refractivity contribution >= 4 is 11.6 Å². The average molecular weight is 328 g/mol. The van der Waals surface area contributed by atoms with Gasteiger partial charge in [-0.25, -0.2) is 0 Å². The van der Waals surface area contributed by atoms with E-state index in [1.165, 1.54) is 12.8 Å². The van der Waals surface area contributed by atoms with Crippen molar-refractivity contribution in [1.82, 2.24) is 4.90 Å². The van der Waals surface area contributed by atoms with Gasteiger partial charge in [0, 0.05) is 23.6 Å². The van der Waals surface area contributed by atoms with Crippen LogP contribution < -0.4 is 0 Å². The molecule has 2 radical (unpaired) electrons. The summed E-state index contributed by atoms with van der Waals surface area (Å²) in [5.41, 5.74) is 0.329. The molecular weight excluding hydrogens is 306 g/mol. The maximum absolute atomic E-state index is 11.4.